The zero-order valence-electron chi connectivity index (χ0n) is 23.6. The lowest BCUT2D eigenvalue weighted by Gasteiger charge is -2.16. The molecule has 5 rings (SSSR count). The third kappa shape index (κ3) is 8.68. The molecule has 3 atom stereocenters. The summed E-state index contributed by atoms with van der Waals surface area (Å²) in [5.74, 6) is 0.616. The number of fused-ring (bicyclic) bond motifs is 6. The van der Waals surface area contributed by atoms with Crippen LogP contribution >= 0.6 is 8.00 Å². The summed E-state index contributed by atoms with van der Waals surface area (Å²) < 4.78 is 32.5. The van der Waals surface area contributed by atoms with Gasteiger partial charge in [0.05, 0.1) is 12.2 Å². The Balaban J connectivity index is 1.32. The van der Waals surface area contributed by atoms with Crippen LogP contribution in [-0.2, 0) is 25.4 Å². The number of imidazole rings is 1. The molecule has 43 heavy (non-hydrogen) atoms. The summed E-state index contributed by atoms with van der Waals surface area (Å²) in [6.07, 6.45) is 0.219. The van der Waals surface area contributed by atoms with Gasteiger partial charge in [0.25, 0.3) is 5.98 Å². The largest absolute Gasteiger partial charge is 0.593 e. The number of anilines is 1. The number of aromatic amines is 1. The normalized spacial score (nSPS) is 13.2. The summed E-state index contributed by atoms with van der Waals surface area (Å²) in [4.78, 5) is 59.8. The lowest BCUT2D eigenvalue weighted by molar-refractivity contribution is -0.166. The average molecular weight is 617 g/mol. The number of H-pyrrole nitrogens is 1. The van der Waals surface area contributed by atoms with Crippen LogP contribution in [0, 0.1) is 5.41 Å². The number of hydrogen-bond acceptors (Lipinski definition) is 14. The Morgan fingerprint density at radius 2 is 1.98 bits per heavy atom. The molecule has 1 unspecified atom stereocenters. The molecule has 228 valence electrons. The molecule has 4 heterocycles. The van der Waals surface area contributed by atoms with Gasteiger partial charge in [-0.25, -0.2) is 19.4 Å². The first-order valence-corrected chi connectivity index (χ1v) is 14.2. The Labute approximate surface area is 243 Å². The van der Waals surface area contributed by atoms with Crippen LogP contribution in [0.4, 0.5) is 5.69 Å². The van der Waals surface area contributed by atoms with Crippen molar-refractivity contribution in [3.05, 3.63) is 68.6 Å². The second-order valence-corrected chi connectivity index (χ2v) is 10.4. The van der Waals surface area contributed by atoms with Gasteiger partial charge in [-0.1, -0.05) is 0 Å². The van der Waals surface area contributed by atoms with Gasteiger partial charge in [0.2, 0.25) is 0 Å². The van der Waals surface area contributed by atoms with Crippen molar-refractivity contribution in [2.45, 2.75) is 52.4 Å². The van der Waals surface area contributed by atoms with E-state index >= 15 is 0 Å². The highest BCUT2D eigenvalue weighted by Gasteiger charge is 2.16. The number of hydrogen-bond donors (Lipinski definition) is 3. The fourth-order valence-electron chi connectivity index (χ4n) is 3.65. The molecule has 0 aliphatic heterocycles. The molecule has 0 amide bonds. The molecule has 0 aliphatic carbocycles. The van der Waals surface area contributed by atoms with E-state index in [1.807, 2.05) is 0 Å². The number of nitrogens with zero attached hydrogens (tertiary/aromatic N) is 3. The number of carbonyl (C=O) groups is 1. The Morgan fingerprint density at radius 3 is 2.70 bits per heavy atom. The zero-order valence-corrected chi connectivity index (χ0v) is 24.5. The van der Waals surface area contributed by atoms with Gasteiger partial charge in [-0.3, -0.25) is 19.7 Å². The summed E-state index contributed by atoms with van der Waals surface area (Å²) in [7, 11) is -2.36. The van der Waals surface area contributed by atoms with Crippen LogP contribution in [0.25, 0.3) is 17.0 Å². The Kier molecular flexibility index (Phi) is 10.2. The maximum Gasteiger partial charge on any atom is 0.360 e. The van der Waals surface area contributed by atoms with Crippen molar-refractivity contribution in [3.63, 3.8) is 0 Å². The van der Waals surface area contributed by atoms with Crippen molar-refractivity contribution in [1.29, 1.82) is 5.41 Å². The van der Waals surface area contributed by atoms with Gasteiger partial charge in [0, 0.05) is 23.7 Å². The van der Waals surface area contributed by atoms with E-state index < -0.39 is 31.4 Å². The van der Waals surface area contributed by atoms with E-state index in [1.54, 1.807) is 52.0 Å². The Hall–Kier alpha value is -4.63. The summed E-state index contributed by atoms with van der Waals surface area (Å²) >= 11 is 0. The molecule has 0 saturated carbocycles. The third-order valence-electron chi connectivity index (χ3n) is 5.56. The number of nitrogens with one attached hydrogen (secondary N) is 3. The number of benzene rings is 1. The minimum Gasteiger partial charge on any atom is -0.593 e. The number of rotatable bonds is 12. The van der Waals surface area contributed by atoms with E-state index in [0.29, 0.717) is 11.4 Å². The summed E-state index contributed by atoms with van der Waals surface area (Å²) in [5, 5.41) is 11.0. The monoisotopic (exact) mass is 616 g/mol. The van der Waals surface area contributed by atoms with Crippen LogP contribution in [-0.4, -0.2) is 56.5 Å². The van der Waals surface area contributed by atoms with Crippen molar-refractivity contribution in [2.75, 3.05) is 12.1 Å². The summed E-state index contributed by atoms with van der Waals surface area (Å²) in [5.41, 5.74) is -1.38. The van der Waals surface area contributed by atoms with E-state index in [-0.39, 0.29) is 53.3 Å². The van der Waals surface area contributed by atoms with Crippen LogP contribution in [0.15, 0.2) is 55.2 Å². The Bertz CT molecular complexity index is 1830. The van der Waals surface area contributed by atoms with Gasteiger partial charge in [0.15, 0.2) is 29.2 Å². The maximum absolute atomic E-state index is 12.8. The number of carbonyl (C=O) groups excluding carboxylic acids is 1. The first-order valence-electron chi connectivity index (χ1n) is 12.9. The highest BCUT2D eigenvalue weighted by molar-refractivity contribution is 7.44. The number of esters is 1. The van der Waals surface area contributed by atoms with Crippen LogP contribution in [0.1, 0.15) is 33.3 Å². The molecule has 17 heteroatoms. The highest BCUT2D eigenvalue weighted by Crippen LogP contribution is 2.23. The van der Waals surface area contributed by atoms with Crippen molar-refractivity contribution in [2.24, 2.45) is 0 Å². The van der Waals surface area contributed by atoms with Gasteiger partial charge < -0.3 is 28.6 Å². The molecule has 0 spiro atoms. The maximum atomic E-state index is 12.8. The molecule has 0 saturated heterocycles. The molecule has 4 aromatic heterocycles. The minimum absolute atomic E-state index is 0.0739. The van der Waals surface area contributed by atoms with E-state index in [4.69, 9.17) is 33.1 Å². The molecule has 0 radical (unpaired) electrons. The molecular weight excluding hydrogens is 587 g/mol. The van der Waals surface area contributed by atoms with E-state index in [2.05, 4.69) is 20.3 Å². The van der Waals surface area contributed by atoms with Crippen molar-refractivity contribution >= 4 is 42.6 Å². The first-order chi connectivity index (χ1) is 20.5. The molecule has 1 aromatic carbocycles. The lowest BCUT2D eigenvalue weighted by atomic mass is 10.1. The molecule has 5 aromatic rings. The molecule has 0 aliphatic rings. The van der Waals surface area contributed by atoms with Gasteiger partial charge in [0.1, 0.15) is 12.4 Å². The van der Waals surface area contributed by atoms with E-state index in [9.17, 15) is 19.3 Å². The minimum atomic E-state index is -2.36. The van der Waals surface area contributed by atoms with Crippen LogP contribution < -0.4 is 31.5 Å². The first kappa shape index (κ1) is 31.3. The highest BCUT2D eigenvalue weighted by atomic mass is 31.1. The molecule has 16 nitrogen and oxygen atoms in total. The van der Waals surface area contributed by atoms with Crippen molar-refractivity contribution in [1.82, 2.24) is 19.5 Å². The average Bonchev–Trinajstić information content (AvgIpc) is 3.33. The second kappa shape index (κ2) is 14.0. The number of ether oxygens (including phenoxy) is 3. The SMILES string of the molecule is CC(C)OC(=O)[C@H](C)Nc1ccc(O/[P+]([O-])=C/OCO[C@H](C)Cc2cc(=O)oc3nc(=N)c4c(ncn4oc2=O)[nH]3)cc1. The smallest absolute Gasteiger partial charge is 0.360 e. The van der Waals surface area contributed by atoms with E-state index in [1.165, 1.54) is 6.33 Å². The predicted molar refractivity (Wildman–Crippen MR) is 151 cm³/mol. The van der Waals surface area contributed by atoms with Crippen LogP contribution in [0.2, 0.25) is 0 Å². The predicted octanol–water partition coefficient (Wildman–Crippen LogP) is 1.34. The van der Waals surface area contributed by atoms with Crippen molar-refractivity contribution < 1.29 is 37.4 Å². The van der Waals surface area contributed by atoms with Gasteiger partial charge >= 0.3 is 31.1 Å². The van der Waals surface area contributed by atoms with Crippen LogP contribution in [0.3, 0.4) is 0 Å². The lowest BCUT2D eigenvalue weighted by Crippen LogP contribution is -2.30. The number of aromatic nitrogens is 4. The second-order valence-electron chi connectivity index (χ2n) is 9.45. The van der Waals surface area contributed by atoms with Gasteiger partial charge in [-0.2, -0.15) is 9.56 Å². The fourth-order valence-corrected chi connectivity index (χ4v) is 4.21. The van der Waals surface area contributed by atoms with Crippen LogP contribution in [0.5, 0.6) is 5.75 Å². The van der Waals surface area contributed by atoms with E-state index in [0.717, 1.165) is 16.6 Å². The zero-order chi connectivity index (χ0) is 31.1. The summed E-state index contributed by atoms with van der Waals surface area (Å²) in [6, 6.07) is 6.84. The molecule has 3 N–H and O–H groups in total. The molecule has 0 fully saturated rings. The topological polar surface area (TPSA) is 219 Å². The van der Waals surface area contributed by atoms with Crippen molar-refractivity contribution in [3.8, 4) is 5.75 Å². The third-order valence-corrected chi connectivity index (χ3v) is 6.27. The van der Waals surface area contributed by atoms with Gasteiger partial charge in [-0.05, 0) is 52.0 Å². The fraction of sp³-hybridized carbons (Fsp3) is 0.346. The standard InChI is InChI=1S/C26H29N6O10P/c1-14(2)39-24(34)16(4)29-18-5-7-19(8-6-18)42-43(36)13-37-12-38-15(3)9-17-10-20(33)40-26-30-22(27)21-23(31-26)28-11-32(21)41-25(17)35/h5-8,10-11,13-16,29H,9,12H2,1-4H3,(H2,27,30,31)/t15-,16+/m1/s1. The van der Waals surface area contributed by atoms with Gasteiger partial charge in [-0.15, -0.1) is 0 Å². The molecule has 4 bridgehead atoms. The quantitative estimate of drug-likeness (QED) is 0.0887. The summed E-state index contributed by atoms with van der Waals surface area (Å²) in [6.45, 7) is 6.50. The Morgan fingerprint density at radius 1 is 1.23 bits per heavy atom. The molecular formula is C26H29N6O10P.